The van der Waals surface area contributed by atoms with Crippen LogP contribution in [-0.2, 0) is 22.1 Å². The van der Waals surface area contributed by atoms with E-state index in [1.54, 1.807) is 48.5 Å². The Balaban J connectivity index is 1.87. The highest BCUT2D eigenvalue weighted by molar-refractivity contribution is 5.71. The van der Waals surface area contributed by atoms with E-state index >= 15 is 0 Å². The number of carboxylic acids is 1. The quantitative estimate of drug-likeness (QED) is 0.420. The summed E-state index contributed by atoms with van der Waals surface area (Å²) >= 11 is 0. The molecule has 3 aromatic carbocycles. The van der Waals surface area contributed by atoms with Gasteiger partial charge < -0.3 is 19.3 Å². The van der Waals surface area contributed by atoms with Crippen LogP contribution >= 0.6 is 0 Å². The van der Waals surface area contributed by atoms with Crippen LogP contribution in [0.1, 0.15) is 11.1 Å². The number of methoxy groups -OCH3 is 1. The molecule has 0 amide bonds. The average molecular weight is 446 g/mol. The Kier molecular flexibility index (Phi) is 7.37. The predicted molar refractivity (Wildman–Crippen MR) is 112 cm³/mol. The number of halogens is 3. The summed E-state index contributed by atoms with van der Waals surface area (Å²) in [6.45, 7) is 0.635. The largest absolute Gasteiger partial charge is 0.491 e. The van der Waals surface area contributed by atoms with E-state index in [0.29, 0.717) is 40.5 Å². The predicted octanol–water partition coefficient (Wildman–Crippen LogP) is 5.82. The molecule has 0 aliphatic carbocycles. The molecule has 0 unspecified atom stereocenters. The standard InChI is InChI=1S/C24H21F3O5/c1-30-8-9-31-21-10-16(12-23(28)29)11-22(15-21)32-20-7-3-5-18(14-20)17-4-2-6-19(13-17)24(25,26)27/h2-7,10-11,13-15H,8-9,12H2,1H3,(H,28,29). The van der Waals surface area contributed by atoms with Crippen molar-refractivity contribution < 1.29 is 37.3 Å². The third kappa shape index (κ3) is 6.49. The highest BCUT2D eigenvalue weighted by Gasteiger charge is 2.30. The summed E-state index contributed by atoms with van der Waals surface area (Å²) in [5.41, 5.74) is 0.692. The number of carboxylic acid groups (broad SMARTS) is 1. The van der Waals surface area contributed by atoms with Crippen molar-refractivity contribution in [3.63, 3.8) is 0 Å². The van der Waals surface area contributed by atoms with E-state index in [1.807, 2.05) is 0 Å². The minimum absolute atomic E-state index is 0.220. The Morgan fingerprint density at radius 2 is 1.56 bits per heavy atom. The third-order valence-electron chi connectivity index (χ3n) is 4.44. The molecule has 168 valence electrons. The van der Waals surface area contributed by atoms with Gasteiger partial charge in [-0.15, -0.1) is 0 Å². The lowest BCUT2D eigenvalue weighted by Crippen LogP contribution is -2.06. The fraction of sp³-hybridized carbons (Fsp3) is 0.208. The van der Waals surface area contributed by atoms with Crippen LogP contribution in [-0.4, -0.2) is 31.4 Å². The molecule has 0 radical (unpaired) electrons. The third-order valence-corrected chi connectivity index (χ3v) is 4.44. The molecule has 3 rings (SSSR count). The molecule has 0 aromatic heterocycles. The van der Waals surface area contributed by atoms with Crippen molar-refractivity contribution in [2.45, 2.75) is 12.6 Å². The van der Waals surface area contributed by atoms with E-state index in [2.05, 4.69) is 0 Å². The van der Waals surface area contributed by atoms with Gasteiger partial charge >= 0.3 is 12.1 Å². The lowest BCUT2D eigenvalue weighted by atomic mass is 10.0. The van der Waals surface area contributed by atoms with Crippen LogP contribution in [0.2, 0.25) is 0 Å². The zero-order valence-corrected chi connectivity index (χ0v) is 17.2. The normalized spacial score (nSPS) is 11.2. The molecule has 8 heteroatoms. The Morgan fingerprint density at radius 1 is 0.875 bits per heavy atom. The van der Waals surface area contributed by atoms with Crippen molar-refractivity contribution in [2.75, 3.05) is 20.3 Å². The van der Waals surface area contributed by atoms with Gasteiger partial charge in [0.1, 0.15) is 23.9 Å². The zero-order chi connectivity index (χ0) is 23.1. The number of alkyl halides is 3. The first-order valence-electron chi connectivity index (χ1n) is 9.67. The molecule has 3 aromatic rings. The second kappa shape index (κ2) is 10.2. The SMILES string of the molecule is COCCOc1cc(CC(=O)O)cc(Oc2cccc(-c3cccc(C(F)(F)F)c3)c2)c1. The van der Waals surface area contributed by atoms with Crippen LogP contribution in [0.4, 0.5) is 13.2 Å². The van der Waals surface area contributed by atoms with Gasteiger partial charge in [-0.1, -0.05) is 24.3 Å². The van der Waals surface area contributed by atoms with Crippen LogP contribution in [0.15, 0.2) is 66.7 Å². The first-order valence-corrected chi connectivity index (χ1v) is 9.67. The Morgan fingerprint density at radius 3 is 2.25 bits per heavy atom. The van der Waals surface area contributed by atoms with Crippen molar-refractivity contribution >= 4 is 5.97 Å². The van der Waals surface area contributed by atoms with Gasteiger partial charge in [-0.3, -0.25) is 4.79 Å². The van der Waals surface area contributed by atoms with E-state index < -0.39 is 17.7 Å². The van der Waals surface area contributed by atoms with E-state index in [4.69, 9.17) is 19.3 Å². The van der Waals surface area contributed by atoms with Crippen molar-refractivity contribution in [1.29, 1.82) is 0 Å². The van der Waals surface area contributed by atoms with E-state index in [0.717, 1.165) is 12.1 Å². The summed E-state index contributed by atoms with van der Waals surface area (Å²) in [5.74, 6) is 0.147. The summed E-state index contributed by atoms with van der Waals surface area (Å²) in [6.07, 6.45) is -4.66. The van der Waals surface area contributed by atoms with Crippen LogP contribution < -0.4 is 9.47 Å². The van der Waals surface area contributed by atoms with Gasteiger partial charge in [0.2, 0.25) is 0 Å². The molecule has 0 spiro atoms. The van der Waals surface area contributed by atoms with Crippen molar-refractivity contribution in [3.8, 4) is 28.4 Å². The van der Waals surface area contributed by atoms with Crippen LogP contribution in [0, 0.1) is 0 Å². The molecule has 1 N–H and O–H groups in total. The van der Waals surface area contributed by atoms with Gasteiger partial charge in [0.15, 0.2) is 0 Å². The molecule has 32 heavy (non-hydrogen) atoms. The van der Waals surface area contributed by atoms with Crippen molar-refractivity contribution in [1.82, 2.24) is 0 Å². The van der Waals surface area contributed by atoms with Gasteiger partial charge in [0, 0.05) is 13.2 Å². The summed E-state index contributed by atoms with van der Waals surface area (Å²) in [6, 6.07) is 16.5. The fourth-order valence-corrected chi connectivity index (χ4v) is 3.04. The Bertz CT molecular complexity index is 1080. The number of aliphatic carboxylic acids is 1. The van der Waals surface area contributed by atoms with Gasteiger partial charge in [-0.25, -0.2) is 0 Å². The molecule has 0 saturated carbocycles. The maximum absolute atomic E-state index is 13.0. The Hall–Kier alpha value is -3.52. The van der Waals surface area contributed by atoms with Gasteiger partial charge in [0.25, 0.3) is 0 Å². The highest BCUT2D eigenvalue weighted by atomic mass is 19.4. The summed E-state index contributed by atoms with van der Waals surface area (Å²) in [4.78, 5) is 11.1. The first kappa shape index (κ1) is 23.1. The van der Waals surface area contributed by atoms with E-state index in [9.17, 15) is 18.0 Å². The van der Waals surface area contributed by atoms with Crippen molar-refractivity contribution in [2.24, 2.45) is 0 Å². The lowest BCUT2D eigenvalue weighted by Gasteiger charge is -2.13. The number of hydrogen-bond acceptors (Lipinski definition) is 4. The number of carbonyl (C=O) groups is 1. The molecule has 0 atom stereocenters. The number of ether oxygens (including phenoxy) is 3. The number of benzene rings is 3. The average Bonchev–Trinajstić information content (AvgIpc) is 2.73. The first-order chi connectivity index (χ1) is 15.2. The van der Waals surface area contributed by atoms with Crippen molar-refractivity contribution in [3.05, 3.63) is 77.9 Å². The molecule has 0 saturated heterocycles. The monoisotopic (exact) mass is 446 g/mol. The molecule has 0 bridgehead atoms. The van der Waals surface area contributed by atoms with Gasteiger partial charge in [0.05, 0.1) is 18.6 Å². The molecule has 0 fully saturated rings. The smallest absolute Gasteiger partial charge is 0.416 e. The summed E-state index contributed by atoms with van der Waals surface area (Å²) < 4.78 is 55.5. The number of rotatable bonds is 9. The lowest BCUT2D eigenvalue weighted by molar-refractivity contribution is -0.138. The topological polar surface area (TPSA) is 65.0 Å². The van der Waals surface area contributed by atoms with Crippen LogP contribution in [0.5, 0.6) is 17.2 Å². The van der Waals surface area contributed by atoms with Crippen LogP contribution in [0.3, 0.4) is 0 Å². The zero-order valence-electron chi connectivity index (χ0n) is 17.2. The maximum atomic E-state index is 13.0. The van der Waals surface area contributed by atoms with E-state index in [1.165, 1.54) is 13.2 Å². The minimum atomic E-state index is -4.44. The minimum Gasteiger partial charge on any atom is -0.491 e. The van der Waals surface area contributed by atoms with Gasteiger partial charge in [-0.2, -0.15) is 13.2 Å². The summed E-state index contributed by atoms with van der Waals surface area (Å²) in [7, 11) is 1.54. The number of hydrogen-bond donors (Lipinski definition) is 1. The molecular formula is C24H21F3O5. The van der Waals surface area contributed by atoms with Gasteiger partial charge in [-0.05, 0) is 53.1 Å². The Labute approximate surface area is 183 Å². The molecule has 0 aliphatic heterocycles. The second-order valence-electron chi connectivity index (χ2n) is 6.93. The summed E-state index contributed by atoms with van der Waals surface area (Å²) in [5, 5.41) is 9.11. The second-order valence-corrected chi connectivity index (χ2v) is 6.93. The molecule has 5 nitrogen and oxygen atoms in total. The fourth-order valence-electron chi connectivity index (χ4n) is 3.04. The molecular weight excluding hydrogens is 425 g/mol. The molecule has 0 heterocycles. The highest BCUT2D eigenvalue weighted by Crippen LogP contribution is 2.34. The van der Waals surface area contributed by atoms with Crippen LogP contribution in [0.25, 0.3) is 11.1 Å². The molecule has 0 aliphatic rings. The van der Waals surface area contributed by atoms with E-state index in [-0.39, 0.29) is 13.0 Å². The maximum Gasteiger partial charge on any atom is 0.416 e.